The number of aromatic nitrogens is 1. The van der Waals surface area contributed by atoms with Gasteiger partial charge in [-0.15, -0.1) is 0 Å². The van der Waals surface area contributed by atoms with Gasteiger partial charge in [-0.3, -0.25) is 4.79 Å². The smallest absolute Gasteiger partial charge is 0.406 e. The van der Waals surface area contributed by atoms with Crippen molar-refractivity contribution in [2.45, 2.75) is 0 Å². The summed E-state index contributed by atoms with van der Waals surface area (Å²) in [5.74, 6) is 0.0766. The molecule has 8 heteroatoms. The van der Waals surface area contributed by atoms with Crippen LogP contribution in [0.2, 0.25) is 0 Å². The van der Waals surface area contributed by atoms with E-state index in [1.54, 1.807) is 36.4 Å². The molecule has 0 spiro atoms. The third-order valence-corrected chi connectivity index (χ3v) is 3.41. The summed E-state index contributed by atoms with van der Waals surface area (Å²) in [6.45, 7) is -0.411. The largest absolute Gasteiger partial charge is 0.476 e. The molecule has 1 aromatic heterocycles. The molecule has 0 aliphatic rings. The average molecular weight is 365 g/mol. The predicted molar refractivity (Wildman–Crippen MR) is 98.0 cm³/mol. The lowest BCUT2D eigenvalue weighted by Crippen LogP contribution is -2.20. The second-order valence-electron chi connectivity index (χ2n) is 5.33. The Morgan fingerprint density at radius 2 is 1.70 bits per heavy atom. The first-order valence-electron chi connectivity index (χ1n) is 7.97. The average Bonchev–Trinajstić information content (AvgIpc) is 2.69. The quantitative estimate of drug-likeness (QED) is 0.504. The SMILES string of the molecule is O=C(COc1cccnc1[N+](=O)[O-])Nc1ccccc1Oc1ccccc1. The molecule has 136 valence electrons. The lowest BCUT2D eigenvalue weighted by Gasteiger charge is -2.12. The highest BCUT2D eigenvalue weighted by molar-refractivity contribution is 5.93. The van der Waals surface area contributed by atoms with Crippen LogP contribution in [0.5, 0.6) is 17.2 Å². The number of para-hydroxylation sites is 3. The van der Waals surface area contributed by atoms with Crippen LogP contribution in [0.15, 0.2) is 72.9 Å². The molecule has 8 nitrogen and oxygen atoms in total. The van der Waals surface area contributed by atoms with Crippen molar-refractivity contribution < 1.29 is 19.2 Å². The van der Waals surface area contributed by atoms with Crippen LogP contribution < -0.4 is 14.8 Å². The molecule has 0 fully saturated rings. The van der Waals surface area contributed by atoms with Crippen molar-refractivity contribution in [1.29, 1.82) is 0 Å². The van der Waals surface area contributed by atoms with E-state index >= 15 is 0 Å². The summed E-state index contributed by atoms with van der Waals surface area (Å²) in [7, 11) is 0. The molecular weight excluding hydrogens is 350 g/mol. The van der Waals surface area contributed by atoms with Gasteiger partial charge in [-0.25, -0.2) is 0 Å². The van der Waals surface area contributed by atoms with E-state index in [2.05, 4.69) is 10.3 Å². The summed E-state index contributed by atoms with van der Waals surface area (Å²) in [5.41, 5.74) is 0.454. The molecule has 3 aromatic rings. The van der Waals surface area contributed by atoms with E-state index in [4.69, 9.17) is 9.47 Å². The minimum absolute atomic E-state index is 0.0773. The normalized spacial score (nSPS) is 10.1. The van der Waals surface area contributed by atoms with Crippen molar-refractivity contribution in [3.05, 3.63) is 83.0 Å². The van der Waals surface area contributed by atoms with Crippen molar-refractivity contribution in [2.75, 3.05) is 11.9 Å². The van der Waals surface area contributed by atoms with Crippen LogP contribution in [-0.2, 0) is 4.79 Å². The minimum Gasteiger partial charge on any atom is -0.476 e. The predicted octanol–water partition coefficient (Wildman–Crippen LogP) is 3.80. The Bertz CT molecular complexity index is 947. The molecule has 0 atom stereocenters. The number of hydrogen-bond donors (Lipinski definition) is 1. The minimum atomic E-state index is -0.670. The lowest BCUT2D eigenvalue weighted by molar-refractivity contribution is -0.390. The fourth-order valence-electron chi connectivity index (χ4n) is 2.24. The van der Waals surface area contributed by atoms with Gasteiger partial charge in [0.2, 0.25) is 5.75 Å². The van der Waals surface area contributed by atoms with E-state index in [1.807, 2.05) is 18.2 Å². The highest BCUT2D eigenvalue weighted by Crippen LogP contribution is 2.29. The molecule has 1 N–H and O–H groups in total. The maximum absolute atomic E-state index is 12.2. The Labute approximate surface area is 154 Å². The first-order valence-corrected chi connectivity index (χ1v) is 7.97. The number of ether oxygens (including phenoxy) is 2. The van der Waals surface area contributed by atoms with E-state index in [9.17, 15) is 14.9 Å². The second-order valence-corrected chi connectivity index (χ2v) is 5.33. The zero-order valence-electron chi connectivity index (χ0n) is 14.1. The monoisotopic (exact) mass is 365 g/mol. The highest BCUT2D eigenvalue weighted by atomic mass is 16.6. The van der Waals surface area contributed by atoms with Crippen LogP contribution in [0.3, 0.4) is 0 Å². The van der Waals surface area contributed by atoms with E-state index < -0.39 is 23.3 Å². The first kappa shape index (κ1) is 17.9. The third-order valence-electron chi connectivity index (χ3n) is 3.41. The number of nitrogens with zero attached hydrogens (tertiary/aromatic N) is 2. The van der Waals surface area contributed by atoms with Gasteiger partial charge in [0, 0.05) is 0 Å². The van der Waals surface area contributed by atoms with Crippen molar-refractivity contribution in [1.82, 2.24) is 4.98 Å². The summed E-state index contributed by atoms with van der Waals surface area (Å²) < 4.78 is 11.0. The third kappa shape index (κ3) is 4.79. The maximum atomic E-state index is 12.2. The number of carbonyl (C=O) groups is 1. The van der Waals surface area contributed by atoms with Gasteiger partial charge in [0.1, 0.15) is 11.9 Å². The molecule has 3 rings (SSSR count). The molecule has 0 unspecified atom stereocenters. The van der Waals surface area contributed by atoms with Crippen molar-refractivity contribution in [3.8, 4) is 17.2 Å². The van der Waals surface area contributed by atoms with Crippen molar-refractivity contribution >= 4 is 17.4 Å². The van der Waals surface area contributed by atoms with E-state index in [-0.39, 0.29) is 5.75 Å². The fourth-order valence-corrected chi connectivity index (χ4v) is 2.24. The Morgan fingerprint density at radius 3 is 2.48 bits per heavy atom. The van der Waals surface area contributed by atoms with E-state index in [0.717, 1.165) is 0 Å². The number of hydrogen-bond acceptors (Lipinski definition) is 6. The van der Waals surface area contributed by atoms with Crippen LogP contribution in [0.4, 0.5) is 11.5 Å². The molecule has 27 heavy (non-hydrogen) atoms. The number of rotatable bonds is 7. The standard InChI is InChI=1S/C19H15N3O5/c23-18(13-26-17-11-6-12-20-19(17)22(24)25)21-15-9-4-5-10-16(15)27-14-7-2-1-3-8-14/h1-12H,13H2,(H,21,23). The van der Waals surface area contributed by atoms with Crippen molar-refractivity contribution in [2.24, 2.45) is 0 Å². The lowest BCUT2D eigenvalue weighted by atomic mass is 10.3. The molecule has 1 heterocycles. The Kier molecular flexibility index (Phi) is 5.58. The number of nitrogens with one attached hydrogen (secondary N) is 1. The molecule has 0 bridgehead atoms. The summed E-state index contributed by atoms with van der Waals surface area (Å²) in [4.78, 5) is 26.1. The topological polar surface area (TPSA) is 104 Å². The summed E-state index contributed by atoms with van der Waals surface area (Å²) in [6, 6.07) is 18.9. The number of nitro groups is 1. The van der Waals surface area contributed by atoms with Crippen LogP contribution in [-0.4, -0.2) is 22.4 Å². The maximum Gasteiger partial charge on any atom is 0.406 e. The summed E-state index contributed by atoms with van der Waals surface area (Å²) >= 11 is 0. The van der Waals surface area contributed by atoms with Gasteiger partial charge < -0.3 is 24.9 Å². The molecule has 0 radical (unpaired) electrons. The van der Waals surface area contributed by atoms with E-state index in [0.29, 0.717) is 17.2 Å². The Hall–Kier alpha value is -3.94. The summed E-state index contributed by atoms with van der Waals surface area (Å²) in [6.07, 6.45) is 1.28. The Balaban J connectivity index is 1.66. The van der Waals surface area contributed by atoms with Gasteiger partial charge in [0.25, 0.3) is 5.91 Å². The van der Waals surface area contributed by atoms with Crippen LogP contribution >= 0.6 is 0 Å². The fraction of sp³-hybridized carbons (Fsp3) is 0.0526. The van der Waals surface area contributed by atoms with Gasteiger partial charge in [-0.1, -0.05) is 30.3 Å². The van der Waals surface area contributed by atoms with Crippen LogP contribution in [0.1, 0.15) is 0 Å². The molecular formula is C19H15N3O5. The Morgan fingerprint density at radius 1 is 1.00 bits per heavy atom. The molecule has 2 aromatic carbocycles. The van der Waals surface area contributed by atoms with Crippen LogP contribution in [0, 0.1) is 10.1 Å². The van der Waals surface area contributed by atoms with Crippen LogP contribution in [0.25, 0.3) is 0 Å². The zero-order chi connectivity index (χ0) is 19.1. The number of carbonyl (C=O) groups excluding carboxylic acids is 1. The van der Waals surface area contributed by atoms with Gasteiger partial charge in [0.05, 0.1) is 5.69 Å². The van der Waals surface area contributed by atoms with Gasteiger partial charge in [-0.05, 0) is 46.3 Å². The second kappa shape index (κ2) is 8.43. The van der Waals surface area contributed by atoms with Gasteiger partial charge in [0.15, 0.2) is 12.4 Å². The molecule has 1 amide bonds. The first-order chi connectivity index (χ1) is 13.1. The molecule has 0 aliphatic carbocycles. The van der Waals surface area contributed by atoms with E-state index in [1.165, 1.54) is 18.3 Å². The van der Waals surface area contributed by atoms with Crippen molar-refractivity contribution in [3.63, 3.8) is 0 Å². The van der Waals surface area contributed by atoms with Gasteiger partial charge in [-0.2, -0.15) is 0 Å². The molecule has 0 aliphatic heterocycles. The number of amides is 1. The molecule has 0 saturated heterocycles. The van der Waals surface area contributed by atoms with Gasteiger partial charge >= 0.3 is 5.82 Å². The molecule has 0 saturated carbocycles. The number of anilines is 1. The zero-order valence-corrected chi connectivity index (χ0v) is 14.1. The number of pyridine rings is 1. The number of benzene rings is 2. The summed E-state index contributed by atoms with van der Waals surface area (Å²) in [5, 5.41) is 13.6. The highest BCUT2D eigenvalue weighted by Gasteiger charge is 2.17.